The maximum atomic E-state index is 11.4. The van der Waals surface area contributed by atoms with Crippen molar-refractivity contribution in [2.75, 3.05) is 26.2 Å². The first kappa shape index (κ1) is 14.6. The maximum absolute atomic E-state index is 11.4. The second kappa shape index (κ2) is 6.60. The van der Waals surface area contributed by atoms with Crippen molar-refractivity contribution in [3.05, 3.63) is 33.8 Å². The third-order valence-corrected chi connectivity index (χ3v) is 4.19. The van der Waals surface area contributed by atoms with Crippen LogP contribution in [0.3, 0.4) is 0 Å². The van der Waals surface area contributed by atoms with Gasteiger partial charge in [-0.1, -0.05) is 29.3 Å². The summed E-state index contributed by atoms with van der Waals surface area (Å²) in [5, 5.41) is 1.42. The van der Waals surface area contributed by atoms with Crippen molar-refractivity contribution in [1.29, 1.82) is 0 Å². The summed E-state index contributed by atoms with van der Waals surface area (Å²) in [6, 6.07) is 5.58. The fourth-order valence-electron chi connectivity index (χ4n) is 2.35. The van der Waals surface area contributed by atoms with Crippen LogP contribution in [0.4, 0.5) is 0 Å². The summed E-state index contributed by atoms with van der Waals surface area (Å²) in [6.45, 7) is 5.80. The van der Waals surface area contributed by atoms with E-state index in [-0.39, 0.29) is 5.91 Å². The fraction of sp³-hybridized carbons (Fsp3) is 0.500. The van der Waals surface area contributed by atoms with E-state index >= 15 is 0 Å². The van der Waals surface area contributed by atoms with Gasteiger partial charge in [0.25, 0.3) is 0 Å². The first-order chi connectivity index (χ1) is 9.08. The SMILES string of the molecule is CC(=O)N1CCCN(Cc2c(Cl)cccc2Cl)CC1. The molecule has 0 spiro atoms. The number of hydrogen-bond donors (Lipinski definition) is 0. The summed E-state index contributed by atoms with van der Waals surface area (Å²) >= 11 is 12.4. The number of rotatable bonds is 2. The van der Waals surface area contributed by atoms with Gasteiger partial charge in [-0.15, -0.1) is 0 Å². The standard InChI is InChI=1S/C14H18Cl2N2O/c1-11(19)18-7-3-6-17(8-9-18)10-12-13(15)4-2-5-14(12)16/h2,4-5H,3,6-10H2,1H3. The lowest BCUT2D eigenvalue weighted by molar-refractivity contribution is -0.128. The Bertz CT molecular complexity index is 445. The highest BCUT2D eigenvalue weighted by atomic mass is 35.5. The molecule has 0 saturated carbocycles. The van der Waals surface area contributed by atoms with Crippen LogP contribution >= 0.6 is 23.2 Å². The van der Waals surface area contributed by atoms with Gasteiger partial charge in [0.05, 0.1) is 0 Å². The van der Waals surface area contributed by atoms with E-state index < -0.39 is 0 Å². The van der Waals surface area contributed by atoms with Crippen LogP contribution in [0.15, 0.2) is 18.2 Å². The zero-order valence-corrected chi connectivity index (χ0v) is 12.5. The number of benzene rings is 1. The number of amides is 1. The molecule has 0 aliphatic carbocycles. The summed E-state index contributed by atoms with van der Waals surface area (Å²) in [7, 11) is 0. The maximum Gasteiger partial charge on any atom is 0.219 e. The van der Waals surface area contributed by atoms with Crippen molar-refractivity contribution in [2.45, 2.75) is 19.9 Å². The van der Waals surface area contributed by atoms with Crippen LogP contribution in [0.25, 0.3) is 0 Å². The van der Waals surface area contributed by atoms with Crippen molar-refractivity contribution >= 4 is 29.1 Å². The second-order valence-corrected chi connectivity index (χ2v) is 5.65. The van der Waals surface area contributed by atoms with Gasteiger partial charge < -0.3 is 4.90 Å². The molecule has 3 nitrogen and oxygen atoms in total. The molecule has 1 aromatic rings. The molecule has 0 atom stereocenters. The minimum atomic E-state index is 0.151. The molecule has 1 heterocycles. The highest BCUT2D eigenvalue weighted by Gasteiger charge is 2.18. The quantitative estimate of drug-likeness (QED) is 0.838. The molecule has 0 bridgehead atoms. The van der Waals surface area contributed by atoms with Crippen molar-refractivity contribution in [3.63, 3.8) is 0 Å². The molecule has 2 rings (SSSR count). The summed E-state index contributed by atoms with van der Waals surface area (Å²) in [6.07, 6.45) is 0.988. The Morgan fingerprint density at radius 3 is 2.47 bits per heavy atom. The highest BCUT2D eigenvalue weighted by molar-refractivity contribution is 6.35. The van der Waals surface area contributed by atoms with Crippen LogP contribution in [0.1, 0.15) is 18.9 Å². The third-order valence-electron chi connectivity index (χ3n) is 3.48. The van der Waals surface area contributed by atoms with E-state index in [9.17, 15) is 4.79 Å². The Labute approximate surface area is 124 Å². The van der Waals surface area contributed by atoms with Gasteiger partial charge in [0, 0.05) is 55.3 Å². The largest absolute Gasteiger partial charge is 0.342 e. The van der Waals surface area contributed by atoms with Crippen molar-refractivity contribution in [1.82, 2.24) is 9.80 Å². The molecular formula is C14H18Cl2N2O. The van der Waals surface area contributed by atoms with Gasteiger partial charge in [-0.25, -0.2) is 0 Å². The van der Waals surface area contributed by atoms with Crippen molar-refractivity contribution in [3.8, 4) is 0 Å². The molecule has 1 amide bonds. The van der Waals surface area contributed by atoms with Crippen LogP contribution in [-0.2, 0) is 11.3 Å². The number of hydrogen-bond acceptors (Lipinski definition) is 2. The molecule has 1 aliphatic heterocycles. The minimum absolute atomic E-state index is 0.151. The summed E-state index contributed by atoms with van der Waals surface area (Å²) in [5.41, 5.74) is 0.974. The van der Waals surface area contributed by atoms with Gasteiger partial charge >= 0.3 is 0 Å². The van der Waals surface area contributed by atoms with Gasteiger partial charge in [0.2, 0.25) is 5.91 Å². The van der Waals surface area contributed by atoms with Crippen molar-refractivity contribution in [2.24, 2.45) is 0 Å². The predicted octanol–water partition coefficient (Wildman–Crippen LogP) is 3.05. The lowest BCUT2D eigenvalue weighted by Crippen LogP contribution is -2.33. The lowest BCUT2D eigenvalue weighted by Gasteiger charge is -2.22. The predicted molar refractivity (Wildman–Crippen MR) is 78.6 cm³/mol. The molecule has 0 aromatic heterocycles. The Morgan fingerprint density at radius 2 is 1.84 bits per heavy atom. The normalized spacial score (nSPS) is 17.3. The van der Waals surface area contributed by atoms with Crippen LogP contribution in [0, 0.1) is 0 Å². The van der Waals surface area contributed by atoms with E-state index in [1.807, 2.05) is 23.1 Å². The summed E-state index contributed by atoms with van der Waals surface area (Å²) in [4.78, 5) is 15.6. The molecule has 0 radical (unpaired) electrons. The van der Waals surface area contributed by atoms with Gasteiger partial charge in [-0.05, 0) is 18.6 Å². The van der Waals surface area contributed by atoms with E-state index in [0.29, 0.717) is 10.0 Å². The van der Waals surface area contributed by atoms with Gasteiger partial charge in [-0.3, -0.25) is 9.69 Å². The van der Waals surface area contributed by atoms with E-state index in [1.54, 1.807) is 6.92 Å². The molecule has 19 heavy (non-hydrogen) atoms. The van der Waals surface area contributed by atoms with Crippen LogP contribution < -0.4 is 0 Å². The molecule has 104 valence electrons. The van der Waals surface area contributed by atoms with Crippen LogP contribution in [0.5, 0.6) is 0 Å². The number of carbonyl (C=O) groups is 1. The number of nitrogens with zero attached hydrogens (tertiary/aromatic N) is 2. The molecule has 1 saturated heterocycles. The first-order valence-electron chi connectivity index (χ1n) is 6.48. The molecular weight excluding hydrogens is 283 g/mol. The molecule has 1 aliphatic rings. The average molecular weight is 301 g/mol. The smallest absolute Gasteiger partial charge is 0.219 e. The summed E-state index contributed by atoms with van der Waals surface area (Å²) < 4.78 is 0. The topological polar surface area (TPSA) is 23.6 Å². The fourth-order valence-corrected chi connectivity index (χ4v) is 2.87. The van der Waals surface area contributed by atoms with E-state index in [0.717, 1.165) is 44.7 Å². The van der Waals surface area contributed by atoms with Gasteiger partial charge in [-0.2, -0.15) is 0 Å². The molecule has 0 N–H and O–H groups in total. The highest BCUT2D eigenvalue weighted by Crippen LogP contribution is 2.26. The zero-order valence-electron chi connectivity index (χ0n) is 11.0. The van der Waals surface area contributed by atoms with Crippen molar-refractivity contribution < 1.29 is 4.79 Å². The monoisotopic (exact) mass is 300 g/mol. The first-order valence-corrected chi connectivity index (χ1v) is 7.24. The van der Waals surface area contributed by atoms with E-state index in [4.69, 9.17) is 23.2 Å². The summed E-state index contributed by atoms with van der Waals surface area (Å²) in [5.74, 6) is 0.151. The van der Waals surface area contributed by atoms with Crippen LogP contribution in [0.2, 0.25) is 10.0 Å². The average Bonchev–Trinajstić information content (AvgIpc) is 2.59. The van der Waals surface area contributed by atoms with Gasteiger partial charge in [0.15, 0.2) is 0 Å². The van der Waals surface area contributed by atoms with Crippen LogP contribution in [-0.4, -0.2) is 41.9 Å². The Kier molecular flexibility index (Phi) is 5.08. The lowest BCUT2D eigenvalue weighted by atomic mass is 10.2. The molecule has 1 aromatic carbocycles. The number of carbonyl (C=O) groups excluding carboxylic acids is 1. The molecule has 1 fully saturated rings. The minimum Gasteiger partial charge on any atom is -0.342 e. The Morgan fingerprint density at radius 1 is 1.16 bits per heavy atom. The Hall–Kier alpha value is -0.770. The molecule has 0 unspecified atom stereocenters. The van der Waals surface area contributed by atoms with E-state index in [1.165, 1.54) is 0 Å². The van der Waals surface area contributed by atoms with Gasteiger partial charge in [0.1, 0.15) is 0 Å². The second-order valence-electron chi connectivity index (χ2n) is 4.84. The van der Waals surface area contributed by atoms with E-state index in [2.05, 4.69) is 4.90 Å². The zero-order chi connectivity index (χ0) is 13.8. The molecule has 5 heteroatoms. The number of halogens is 2. The Balaban J connectivity index is 2.02. The third kappa shape index (κ3) is 3.85.